The highest BCUT2D eigenvalue weighted by atomic mass is 32.2. The van der Waals surface area contributed by atoms with Gasteiger partial charge < -0.3 is 44.2 Å². The van der Waals surface area contributed by atoms with Crippen LogP contribution in [0.1, 0.15) is 91.6 Å². The zero-order chi connectivity index (χ0) is 69.5. The van der Waals surface area contributed by atoms with Gasteiger partial charge in [-0.15, -0.1) is 6.42 Å². The van der Waals surface area contributed by atoms with E-state index < -0.39 is 51.4 Å². The molecule has 0 radical (unpaired) electrons. The number of rotatable bonds is 18. The summed E-state index contributed by atoms with van der Waals surface area (Å²) in [6.07, 6.45) is 10.2. The Morgan fingerprint density at radius 1 is 0.556 bits per heavy atom. The summed E-state index contributed by atoms with van der Waals surface area (Å²) in [5.74, 6) is 8.83. The number of phenols is 1. The molecular weight excluding hydrogens is 1300 g/mol. The molecule has 532 valence electrons. The largest absolute Gasteiger partial charge is 0.534 e. The fourth-order valence-corrected chi connectivity index (χ4v) is 10.3. The summed E-state index contributed by atoms with van der Waals surface area (Å²) in [4.78, 5) is 53.1. The first-order valence-corrected chi connectivity index (χ1v) is 32.3. The minimum absolute atomic E-state index is 0. The van der Waals surface area contributed by atoms with E-state index in [0.717, 1.165) is 116 Å². The number of hydroxylamine groups is 1. The number of carbonyl (C=O) groups is 3. The van der Waals surface area contributed by atoms with E-state index in [-0.39, 0.29) is 57.6 Å². The second-order valence-electron chi connectivity index (χ2n) is 23.5. The number of amides is 1. The number of nitrogens with zero attached hydrogens (tertiary/aromatic N) is 5. The van der Waals surface area contributed by atoms with Crippen molar-refractivity contribution in [2.24, 2.45) is 17.8 Å². The van der Waals surface area contributed by atoms with Crippen LogP contribution in [0.15, 0.2) is 140 Å². The van der Waals surface area contributed by atoms with Crippen molar-refractivity contribution in [2.75, 3.05) is 82.8 Å². The number of pyridine rings is 3. The minimum atomic E-state index is -5.77. The number of aromatic nitrogens is 3. The van der Waals surface area contributed by atoms with Crippen LogP contribution in [0.2, 0.25) is 0 Å². The van der Waals surface area contributed by atoms with Gasteiger partial charge in [-0.1, -0.05) is 112 Å². The molecule has 5 aromatic carbocycles. The zero-order valence-electron chi connectivity index (χ0n) is 54.6. The van der Waals surface area contributed by atoms with Crippen molar-refractivity contribution in [2.45, 2.75) is 101 Å². The molecule has 0 spiro atoms. The second kappa shape index (κ2) is 39.1. The highest BCUT2D eigenvalue weighted by molar-refractivity contribution is 7.88. The lowest BCUT2D eigenvalue weighted by Gasteiger charge is -2.26. The predicted molar refractivity (Wildman–Crippen MR) is 382 cm³/mol. The molecular formula is C74H92F3N9O12S. The third-order valence-electron chi connectivity index (χ3n) is 15.3. The first kappa shape index (κ1) is 81.8. The Kier molecular flexibility index (Phi) is 32.3. The van der Waals surface area contributed by atoms with Gasteiger partial charge in [0, 0.05) is 90.7 Å². The maximum atomic E-state index is 12.4. The Morgan fingerprint density at radius 3 is 1.35 bits per heavy atom. The van der Waals surface area contributed by atoms with E-state index >= 15 is 0 Å². The van der Waals surface area contributed by atoms with Crippen molar-refractivity contribution in [3.8, 4) is 35.7 Å². The first-order chi connectivity index (χ1) is 45.8. The molecule has 0 bridgehead atoms. The van der Waals surface area contributed by atoms with Crippen LogP contribution in [-0.4, -0.2) is 152 Å². The Morgan fingerprint density at radius 2 is 0.939 bits per heavy atom. The summed E-state index contributed by atoms with van der Waals surface area (Å²) < 4.78 is 83.9. The van der Waals surface area contributed by atoms with Crippen molar-refractivity contribution in [3.05, 3.63) is 168 Å². The van der Waals surface area contributed by atoms with Crippen LogP contribution in [0.3, 0.4) is 0 Å². The Labute approximate surface area is 579 Å². The first-order valence-electron chi connectivity index (χ1n) is 30.9. The third-order valence-corrected chi connectivity index (χ3v) is 16.2. The van der Waals surface area contributed by atoms with Crippen molar-refractivity contribution in [3.63, 3.8) is 0 Å². The topological polar surface area (TPSA) is 265 Å². The highest BCUT2D eigenvalue weighted by Gasteiger charge is 2.48. The number of fused-ring (bicyclic) bond motifs is 3. The zero-order valence-corrected chi connectivity index (χ0v) is 55.5. The average molecular weight is 1390 g/mol. The molecule has 10 rings (SSSR count). The van der Waals surface area contributed by atoms with E-state index in [2.05, 4.69) is 99.0 Å². The van der Waals surface area contributed by atoms with Gasteiger partial charge >= 0.3 is 27.6 Å². The number of aromatic hydroxyl groups is 1. The molecule has 3 atom stereocenters. The molecule has 3 unspecified atom stereocenters. The van der Waals surface area contributed by atoms with Crippen LogP contribution in [-0.2, 0) is 56.5 Å². The van der Waals surface area contributed by atoms with E-state index in [1.807, 2.05) is 64.1 Å². The second-order valence-corrected chi connectivity index (χ2v) is 25.0. The average Bonchev–Trinajstić information content (AvgIpc) is 0.820. The molecule has 0 saturated carbocycles. The number of terminal acetylenes is 1. The molecule has 99 heavy (non-hydrogen) atoms. The highest BCUT2D eigenvalue weighted by Crippen LogP contribution is 2.30. The van der Waals surface area contributed by atoms with Crippen LogP contribution >= 0.6 is 0 Å². The van der Waals surface area contributed by atoms with Gasteiger partial charge in [-0.3, -0.25) is 19.8 Å². The number of alkyl halides is 3. The number of morpholine rings is 2. The lowest BCUT2D eigenvalue weighted by atomic mass is 10.0. The molecule has 25 heteroatoms. The van der Waals surface area contributed by atoms with Crippen LogP contribution in [0.4, 0.5) is 30.6 Å². The van der Waals surface area contributed by atoms with Crippen LogP contribution < -0.4 is 25.6 Å². The summed E-state index contributed by atoms with van der Waals surface area (Å²) in [5.41, 5.74) is 1.59. The molecule has 0 aliphatic carbocycles. The number of phenolic OH excluding ortho intramolecular Hbond substituents is 1. The van der Waals surface area contributed by atoms with Crippen LogP contribution in [0.25, 0.3) is 32.3 Å². The Hall–Kier alpha value is -9.60. The number of methoxy groups -OCH3 is 2. The van der Waals surface area contributed by atoms with Gasteiger partial charge in [-0.05, 0) is 136 Å². The molecule has 2 saturated heterocycles. The Balaban J connectivity index is 0.000000289. The fourth-order valence-electron chi connectivity index (χ4n) is 9.84. The predicted octanol–water partition coefficient (Wildman–Crippen LogP) is 12.4. The molecule has 3 aromatic heterocycles. The molecule has 5 heterocycles. The number of ether oxygens (including phenoxy) is 4. The quantitative estimate of drug-likeness (QED) is 0.0116. The molecule has 2 aliphatic rings. The van der Waals surface area contributed by atoms with Crippen molar-refractivity contribution in [1.82, 2.24) is 30.2 Å². The van der Waals surface area contributed by atoms with E-state index in [1.54, 1.807) is 56.0 Å². The normalized spacial score (nSPS) is 13.9. The number of nitrogens with one attached hydrogen (secondary N) is 4. The molecule has 2 fully saturated rings. The van der Waals surface area contributed by atoms with E-state index in [9.17, 15) is 41.1 Å². The molecule has 2 aliphatic heterocycles. The summed E-state index contributed by atoms with van der Waals surface area (Å²) in [6, 6.07) is 34.6. The lowest BCUT2D eigenvalue weighted by Crippen LogP contribution is -2.41. The van der Waals surface area contributed by atoms with E-state index in [0.29, 0.717) is 22.4 Å². The monoisotopic (exact) mass is 1390 g/mol. The van der Waals surface area contributed by atoms with Crippen molar-refractivity contribution in [1.29, 1.82) is 0 Å². The van der Waals surface area contributed by atoms with Gasteiger partial charge in [-0.25, -0.2) is 30.0 Å². The SMILES string of the molecule is C.C.C.C#Cc1ccc(CN2CCOCC2)cc1.CC(C)C(Nc1cc2cc(C#Cc3ccc(CN4CCOCC4)cc3)ccc2cn1)C(=O)NO.COC(=O)C(Nc1cc2cc(O)ccc2cn1)C(C)C.COC(=O)C(Nc1cc2cc(OS(=O)(=O)C(F)(F)F)ccc2cn1)C(C)C. The standard InChI is InChI=1S/C27H30N4O3.C16H17F3N2O5S.C15H18N2O3.C13H15NO.3CH4/c1-19(2)26(27(32)30-33)29-25-16-24-15-21(9-10-23(24)17-28-25)6-3-20-4-7-22(8-5-20)18-31-11-13-34-14-12-31;1-9(2)14(15(22)25-3)21-13-7-11-6-12(5-4-10(11)8-20-13)26-27(23,24)16(17,18)19;1-9(2)14(15(19)20-3)17-13-7-11-6-12(18)5-4-10(11)8-16-13;1-2-12-3-5-13(6-4-12)11-14-7-9-15-10-8-14;;;/h4-5,7-10,15-17,19,26,33H,11-14,18H2,1-2H3,(H,28,29)(H,30,32);4-9,14H,1-3H3,(H,20,21);4-9,14,18H,1-3H3,(H,16,17);1,3-6H,7-11H2;3*1H4. The molecule has 1 amide bonds. The molecule has 21 nitrogen and oxygen atoms in total. The van der Waals surface area contributed by atoms with Gasteiger partial charge in [0.1, 0.15) is 47.1 Å². The fraction of sp³-hybridized carbons (Fsp3) is 0.378. The van der Waals surface area contributed by atoms with Gasteiger partial charge in [0.2, 0.25) is 0 Å². The molecule has 8 aromatic rings. The number of carbonyl (C=O) groups excluding carboxylic acids is 3. The third kappa shape index (κ3) is 24.7. The molecule has 6 N–H and O–H groups in total. The van der Waals surface area contributed by atoms with Crippen LogP contribution in [0, 0.1) is 41.9 Å². The number of halogens is 3. The van der Waals surface area contributed by atoms with Crippen LogP contribution in [0.5, 0.6) is 11.5 Å². The summed E-state index contributed by atoms with van der Waals surface area (Å²) in [7, 11) is -3.15. The number of hydrogen-bond acceptors (Lipinski definition) is 20. The van der Waals surface area contributed by atoms with Gasteiger partial charge in [0.05, 0.1) is 40.6 Å². The maximum Gasteiger partial charge on any atom is 0.534 e. The minimum Gasteiger partial charge on any atom is -0.508 e. The van der Waals surface area contributed by atoms with Gasteiger partial charge in [0.15, 0.2) is 0 Å². The maximum absolute atomic E-state index is 12.4. The Bertz CT molecular complexity index is 4130. The van der Waals surface area contributed by atoms with Gasteiger partial charge in [0.25, 0.3) is 5.91 Å². The number of esters is 2. The number of benzene rings is 5. The smallest absolute Gasteiger partial charge is 0.508 e. The van der Waals surface area contributed by atoms with Crippen molar-refractivity contribution >= 4 is 77.7 Å². The number of hydrogen-bond donors (Lipinski definition) is 6. The van der Waals surface area contributed by atoms with E-state index in [1.165, 1.54) is 43.7 Å². The van der Waals surface area contributed by atoms with Gasteiger partial charge in [-0.2, -0.15) is 21.6 Å². The summed E-state index contributed by atoms with van der Waals surface area (Å²) in [6.45, 7) is 20.5. The summed E-state index contributed by atoms with van der Waals surface area (Å²) in [5, 5.41) is 32.2. The number of anilines is 3. The van der Waals surface area contributed by atoms with Crippen molar-refractivity contribution < 1.29 is 69.4 Å². The summed E-state index contributed by atoms with van der Waals surface area (Å²) >= 11 is 0. The van der Waals surface area contributed by atoms with E-state index in [4.69, 9.17) is 30.6 Å². The lowest BCUT2D eigenvalue weighted by molar-refractivity contribution is -0.143.